The van der Waals surface area contributed by atoms with Crippen molar-refractivity contribution in [2.75, 3.05) is 7.11 Å². The third-order valence-corrected chi connectivity index (χ3v) is 3.42. The molecule has 0 aliphatic rings. The lowest BCUT2D eigenvalue weighted by Crippen LogP contribution is -1.87. The van der Waals surface area contributed by atoms with Crippen LogP contribution >= 0.6 is 11.3 Å². The third kappa shape index (κ3) is 1.90. The lowest BCUT2D eigenvalue weighted by Gasteiger charge is -2.07. The second-order valence-corrected chi connectivity index (χ2v) is 4.40. The van der Waals surface area contributed by atoms with Crippen molar-refractivity contribution in [1.29, 1.82) is 0 Å². The van der Waals surface area contributed by atoms with E-state index in [1.54, 1.807) is 18.4 Å². The van der Waals surface area contributed by atoms with Crippen molar-refractivity contribution in [2.24, 2.45) is 0 Å². The number of hydrogen-bond donors (Lipinski definition) is 0. The minimum absolute atomic E-state index is 0.951. The molecule has 78 valence electrons. The van der Waals surface area contributed by atoms with Crippen LogP contribution in [0, 0.1) is 13.8 Å². The van der Waals surface area contributed by atoms with Gasteiger partial charge in [-0.3, -0.25) is 0 Å². The Labute approximate surface area is 94.3 Å². The van der Waals surface area contributed by atoms with Gasteiger partial charge < -0.3 is 4.74 Å². The Morgan fingerprint density at radius 2 is 1.87 bits per heavy atom. The molecule has 0 aliphatic heterocycles. The quantitative estimate of drug-likeness (QED) is 0.739. The van der Waals surface area contributed by atoms with Crippen molar-refractivity contribution in [3.63, 3.8) is 0 Å². The van der Waals surface area contributed by atoms with Gasteiger partial charge >= 0.3 is 0 Å². The highest BCUT2D eigenvalue weighted by atomic mass is 32.1. The molecule has 0 aliphatic carbocycles. The number of hydrogen-bond acceptors (Lipinski definition) is 2. The largest absolute Gasteiger partial charge is 0.496 e. The number of ether oxygens (including phenoxy) is 1. The fourth-order valence-electron chi connectivity index (χ4n) is 1.70. The minimum atomic E-state index is 0.951. The highest BCUT2D eigenvalue weighted by Crippen LogP contribution is 2.30. The van der Waals surface area contributed by atoms with Gasteiger partial charge in [-0.1, -0.05) is 6.07 Å². The molecule has 2 heteroatoms. The zero-order chi connectivity index (χ0) is 10.8. The molecule has 0 saturated heterocycles. The van der Waals surface area contributed by atoms with Gasteiger partial charge in [-0.15, -0.1) is 0 Å². The minimum Gasteiger partial charge on any atom is -0.496 e. The first-order valence-corrected chi connectivity index (χ1v) is 5.84. The first-order valence-electron chi connectivity index (χ1n) is 4.90. The van der Waals surface area contributed by atoms with Gasteiger partial charge in [0.25, 0.3) is 0 Å². The van der Waals surface area contributed by atoms with Crippen LogP contribution in [0.3, 0.4) is 0 Å². The number of rotatable bonds is 2. The summed E-state index contributed by atoms with van der Waals surface area (Å²) in [5, 5.41) is 4.37. The van der Waals surface area contributed by atoms with Crippen LogP contribution in [0.25, 0.3) is 11.1 Å². The first-order chi connectivity index (χ1) is 7.22. The number of aryl methyl sites for hydroxylation is 2. The van der Waals surface area contributed by atoms with Gasteiger partial charge in [0.1, 0.15) is 5.75 Å². The van der Waals surface area contributed by atoms with Crippen molar-refractivity contribution in [1.82, 2.24) is 0 Å². The van der Waals surface area contributed by atoms with Crippen LogP contribution in [0.4, 0.5) is 0 Å². The van der Waals surface area contributed by atoms with Crippen LogP contribution in [0.2, 0.25) is 0 Å². The van der Waals surface area contributed by atoms with Crippen molar-refractivity contribution in [3.05, 3.63) is 40.1 Å². The van der Waals surface area contributed by atoms with Crippen LogP contribution in [0.15, 0.2) is 29.0 Å². The van der Waals surface area contributed by atoms with Gasteiger partial charge in [0.2, 0.25) is 0 Å². The molecular weight excluding hydrogens is 204 g/mol. The molecule has 0 bridgehead atoms. The molecular formula is C13H14OS. The average Bonchev–Trinajstić information content (AvgIpc) is 2.64. The van der Waals surface area contributed by atoms with Crippen LogP contribution in [-0.4, -0.2) is 7.11 Å². The van der Waals surface area contributed by atoms with E-state index in [1.807, 2.05) is 6.07 Å². The summed E-state index contributed by atoms with van der Waals surface area (Å²) in [6.07, 6.45) is 0. The van der Waals surface area contributed by atoms with Gasteiger partial charge in [-0.2, -0.15) is 11.3 Å². The highest BCUT2D eigenvalue weighted by molar-refractivity contribution is 7.08. The van der Waals surface area contributed by atoms with Crippen molar-refractivity contribution in [3.8, 4) is 16.9 Å². The molecule has 0 atom stereocenters. The second-order valence-electron chi connectivity index (χ2n) is 3.65. The lowest BCUT2D eigenvalue weighted by molar-refractivity contribution is 0.412. The zero-order valence-electron chi connectivity index (χ0n) is 9.20. The Kier molecular flexibility index (Phi) is 2.78. The van der Waals surface area contributed by atoms with E-state index in [4.69, 9.17) is 4.74 Å². The monoisotopic (exact) mass is 218 g/mol. The van der Waals surface area contributed by atoms with Gasteiger partial charge in [0, 0.05) is 0 Å². The molecule has 1 aromatic carbocycles. The van der Waals surface area contributed by atoms with Crippen LogP contribution in [0.1, 0.15) is 11.1 Å². The van der Waals surface area contributed by atoms with Crippen molar-refractivity contribution >= 4 is 11.3 Å². The molecule has 1 heterocycles. The maximum Gasteiger partial charge on any atom is 0.121 e. The van der Waals surface area contributed by atoms with Crippen LogP contribution in [0.5, 0.6) is 5.75 Å². The topological polar surface area (TPSA) is 9.23 Å². The van der Waals surface area contributed by atoms with E-state index in [-0.39, 0.29) is 0 Å². The van der Waals surface area contributed by atoms with Crippen molar-refractivity contribution in [2.45, 2.75) is 13.8 Å². The molecule has 2 aromatic rings. The maximum absolute atomic E-state index is 5.25. The standard InChI is InChI=1S/C13H14OS/c1-9-6-11(4-5-13(9)14-3)12-8-15-7-10(12)2/h4-8H,1-3H3. The van der Waals surface area contributed by atoms with Crippen LogP contribution < -0.4 is 4.74 Å². The summed E-state index contributed by atoms with van der Waals surface area (Å²) in [6.45, 7) is 4.22. The van der Waals surface area contributed by atoms with E-state index >= 15 is 0 Å². The molecule has 2 rings (SSSR count). The molecule has 0 N–H and O–H groups in total. The summed E-state index contributed by atoms with van der Waals surface area (Å²) in [5.74, 6) is 0.951. The van der Waals surface area contributed by atoms with E-state index in [2.05, 4.69) is 36.7 Å². The summed E-state index contributed by atoms with van der Waals surface area (Å²) in [5.41, 5.74) is 5.11. The Morgan fingerprint density at radius 3 is 2.40 bits per heavy atom. The van der Waals surface area contributed by atoms with E-state index in [0.717, 1.165) is 5.75 Å². The summed E-state index contributed by atoms with van der Waals surface area (Å²) < 4.78 is 5.25. The predicted molar refractivity (Wildman–Crippen MR) is 65.8 cm³/mol. The molecule has 0 saturated carbocycles. The van der Waals surface area contributed by atoms with Crippen LogP contribution in [-0.2, 0) is 0 Å². The fourth-order valence-corrected chi connectivity index (χ4v) is 2.56. The van der Waals surface area contributed by atoms with Gasteiger partial charge in [-0.25, -0.2) is 0 Å². The van der Waals surface area contributed by atoms with E-state index in [1.165, 1.54) is 22.3 Å². The molecule has 15 heavy (non-hydrogen) atoms. The summed E-state index contributed by atoms with van der Waals surface area (Å²) in [6, 6.07) is 6.32. The Balaban J connectivity index is 2.47. The molecule has 0 unspecified atom stereocenters. The smallest absolute Gasteiger partial charge is 0.121 e. The Hall–Kier alpha value is -1.28. The SMILES string of the molecule is COc1ccc(-c2cscc2C)cc1C. The molecule has 0 amide bonds. The second kappa shape index (κ2) is 4.07. The summed E-state index contributed by atoms with van der Waals surface area (Å²) >= 11 is 1.75. The first kappa shape index (κ1) is 10.2. The number of thiophene rings is 1. The predicted octanol–water partition coefficient (Wildman–Crippen LogP) is 4.04. The van der Waals surface area contributed by atoms with Crippen molar-refractivity contribution < 1.29 is 4.74 Å². The molecule has 1 aromatic heterocycles. The fraction of sp³-hybridized carbons (Fsp3) is 0.231. The number of methoxy groups -OCH3 is 1. The third-order valence-electron chi connectivity index (χ3n) is 2.56. The average molecular weight is 218 g/mol. The molecule has 0 radical (unpaired) electrons. The normalized spacial score (nSPS) is 10.3. The summed E-state index contributed by atoms with van der Waals surface area (Å²) in [4.78, 5) is 0. The molecule has 0 fully saturated rings. The van der Waals surface area contributed by atoms with E-state index < -0.39 is 0 Å². The lowest BCUT2D eigenvalue weighted by atomic mass is 10.0. The highest BCUT2D eigenvalue weighted by Gasteiger charge is 2.05. The van der Waals surface area contributed by atoms with Gasteiger partial charge in [0.05, 0.1) is 7.11 Å². The molecule has 0 spiro atoms. The molecule has 1 nitrogen and oxygen atoms in total. The maximum atomic E-state index is 5.25. The van der Waals surface area contributed by atoms with E-state index in [0.29, 0.717) is 0 Å². The Bertz CT molecular complexity index is 471. The zero-order valence-corrected chi connectivity index (χ0v) is 10.0. The van der Waals surface area contributed by atoms with E-state index in [9.17, 15) is 0 Å². The summed E-state index contributed by atoms with van der Waals surface area (Å²) in [7, 11) is 1.71. The van der Waals surface area contributed by atoms with Gasteiger partial charge in [-0.05, 0) is 59.0 Å². The Morgan fingerprint density at radius 1 is 1.07 bits per heavy atom. The van der Waals surface area contributed by atoms with Gasteiger partial charge in [0.15, 0.2) is 0 Å². The number of benzene rings is 1.